The van der Waals surface area contributed by atoms with Gasteiger partial charge in [-0.25, -0.2) is 16.8 Å². The summed E-state index contributed by atoms with van der Waals surface area (Å²) in [5, 5.41) is 4.73. The van der Waals surface area contributed by atoms with E-state index in [-0.39, 0.29) is 27.7 Å². The topological polar surface area (TPSA) is 139 Å². The van der Waals surface area contributed by atoms with Crippen LogP contribution in [0.25, 0.3) is 0 Å². The van der Waals surface area contributed by atoms with Crippen molar-refractivity contribution in [2.45, 2.75) is 42.8 Å². The Morgan fingerprint density at radius 2 is 1.56 bits per heavy atom. The Labute approximate surface area is 187 Å². The van der Waals surface area contributed by atoms with Crippen molar-refractivity contribution in [3.8, 4) is 0 Å². The molecule has 3 rings (SSSR count). The monoisotopic (exact) mass is 479 g/mol. The van der Waals surface area contributed by atoms with E-state index in [1.165, 1.54) is 37.3 Å². The minimum Gasteiger partial charge on any atom is -0.326 e. The van der Waals surface area contributed by atoms with Crippen molar-refractivity contribution in [3.63, 3.8) is 0 Å². The van der Waals surface area contributed by atoms with Crippen LogP contribution in [0.15, 0.2) is 47.4 Å². The number of carbonyl (C=O) groups excluding carboxylic acids is 2. The van der Waals surface area contributed by atoms with Gasteiger partial charge in [0.1, 0.15) is 0 Å². The Balaban J connectivity index is 1.91. The Morgan fingerprint density at radius 1 is 0.906 bits per heavy atom. The van der Waals surface area contributed by atoms with Crippen molar-refractivity contribution in [1.29, 1.82) is 0 Å². The third kappa shape index (κ3) is 5.86. The second kappa shape index (κ2) is 9.29. The molecule has 1 aliphatic rings. The minimum absolute atomic E-state index is 0.0221. The first kappa shape index (κ1) is 23.7. The molecule has 9 nitrogen and oxygen atoms in total. The van der Waals surface area contributed by atoms with E-state index < -0.39 is 31.0 Å². The van der Waals surface area contributed by atoms with Crippen LogP contribution in [0.2, 0.25) is 0 Å². The average molecular weight is 480 g/mol. The van der Waals surface area contributed by atoms with Crippen LogP contribution in [0.3, 0.4) is 0 Å². The third-order valence-electron chi connectivity index (χ3n) is 5.04. The predicted molar refractivity (Wildman–Crippen MR) is 123 cm³/mol. The van der Waals surface area contributed by atoms with Gasteiger partial charge in [0, 0.05) is 18.3 Å². The van der Waals surface area contributed by atoms with Gasteiger partial charge in [-0.15, -0.1) is 0 Å². The molecule has 0 bridgehead atoms. The molecule has 1 fully saturated rings. The fraction of sp³-hybridized carbons (Fsp3) is 0.333. The second-order valence-electron chi connectivity index (χ2n) is 7.75. The summed E-state index contributed by atoms with van der Waals surface area (Å²) in [4.78, 5) is 24.5. The number of hydrogen-bond donors (Lipinski definition) is 3. The molecule has 2 amide bonds. The maximum atomic E-state index is 13.0. The molecule has 0 spiro atoms. The number of nitrogens with one attached hydrogen (secondary N) is 3. The first-order chi connectivity index (χ1) is 15.0. The fourth-order valence-electron chi connectivity index (χ4n) is 3.64. The third-order valence-corrected chi connectivity index (χ3v) is 7.89. The lowest BCUT2D eigenvalue weighted by molar-refractivity contribution is -0.114. The summed E-state index contributed by atoms with van der Waals surface area (Å²) < 4.78 is 51.4. The molecular weight excluding hydrogens is 454 g/mol. The van der Waals surface area contributed by atoms with E-state index in [1.807, 2.05) is 0 Å². The molecule has 0 aromatic heterocycles. The second-order valence-corrected chi connectivity index (χ2v) is 11.7. The molecule has 172 valence electrons. The van der Waals surface area contributed by atoms with E-state index in [4.69, 9.17) is 0 Å². The summed E-state index contributed by atoms with van der Waals surface area (Å²) in [7, 11) is -7.18. The molecule has 11 heteroatoms. The van der Waals surface area contributed by atoms with Crippen molar-refractivity contribution in [1.82, 2.24) is 0 Å². The van der Waals surface area contributed by atoms with E-state index in [0.717, 1.165) is 19.1 Å². The van der Waals surface area contributed by atoms with Gasteiger partial charge in [0.2, 0.25) is 15.9 Å². The van der Waals surface area contributed by atoms with Gasteiger partial charge in [0.25, 0.3) is 5.91 Å². The van der Waals surface area contributed by atoms with Gasteiger partial charge < -0.3 is 10.6 Å². The van der Waals surface area contributed by atoms with Crippen LogP contribution in [0, 0.1) is 0 Å². The molecule has 0 heterocycles. The van der Waals surface area contributed by atoms with Crippen LogP contribution >= 0.6 is 0 Å². The molecular formula is C21H25N3O6S2. The molecule has 32 heavy (non-hydrogen) atoms. The van der Waals surface area contributed by atoms with E-state index in [2.05, 4.69) is 15.4 Å². The normalized spacial score (nSPS) is 14.7. The van der Waals surface area contributed by atoms with Crippen LogP contribution in [0.4, 0.5) is 17.1 Å². The molecule has 2 aromatic carbocycles. The highest BCUT2D eigenvalue weighted by Crippen LogP contribution is 2.31. The van der Waals surface area contributed by atoms with E-state index in [9.17, 15) is 26.4 Å². The van der Waals surface area contributed by atoms with Crippen LogP contribution < -0.4 is 15.4 Å². The molecule has 0 aliphatic heterocycles. The number of sulfone groups is 1. The molecule has 0 atom stereocenters. The smallest absolute Gasteiger partial charge is 0.257 e. The van der Waals surface area contributed by atoms with E-state index in [0.29, 0.717) is 18.5 Å². The summed E-state index contributed by atoms with van der Waals surface area (Å²) in [5.41, 5.74) is 0.545. The van der Waals surface area contributed by atoms with Crippen LogP contribution in [-0.2, 0) is 24.7 Å². The lowest BCUT2D eigenvalue weighted by Crippen LogP contribution is -2.19. The van der Waals surface area contributed by atoms with Gasteiger partial charge in [0.15, 0.2) is 9.84 Å². The molecule has 1 aliphatic carbocycles. The standard InChI is InChI=1S/C21H25N3O6S2/c1-14(25)22-16-10-11-20(24-31(2,27)28)19(13-16)21(26)23-15-6-5-9-18(12-15)32(29,30)17-7-3-4-8-17/h5-6,9-13,17,24H,3-4,7-8H2,1-2H3,(H,22,25)(H,23,26). The number of anilines is 3. The maximum absolute atomic E-state index is 13.0. The van der Waals surface area contributed by atoms with Gasteiger partial charge >= 0.3 is 0 Å². The summed E-state index contributed by atoms with van der Waals surface area (Å²) in [6, 6.07) is 10.1. The quantitative estimate of drug-likeness (QED) is 0.558. The summed E-state index contributed by atoms with van der Waals surface area (Å²) in [6.07, 6.45) is 3.95. The molecule has 3 N–H and O–H groups in total. The summed E-state index contributed by atoms with van der Waals surface area (Å²) in [6.45, 7) is 1.30. The van der Waals surface area contributed by atoms with Crippen molar-refractivity contribution < 1.29 is 26.4 Å². The van der Waals surface area contributed by atoms with Crippen LogP contribution in [0.1, 0.15) is 43.0 Å². The number of hydrogen-bond acceptors (Lipinski definition) is 6. The lowest BCUT2D eigenvalue weighted by atomic mass is 10.1. The summed E-state index contributed by atoms with van der Waals surface area (Å²) >= 11 is 0. The first-order valence-electron chi connectivity index (χ1n) is 10.0. The molecule has 2 aromatic rings. The Morgan fingerprint density at radius 3 is 2.19 bits per heavy atom. The summed E-state index contributed by atoms with van der Waals surface area (Å²) in [5.74, 6) is -1.02. The number of benzene rings is 2. The van der Waals surface area contributed by atoms with E-state index in [1.54, 1.807) is 12.1 Å². The van der Waals surface area contributed by atoms with Crippen LogP contribution in [-0.4, -0.2) is 40.2 Å². The number of amides is 2. The fourth-order valence-corrected chi connectivity index (χ4v) is 6.12. The average Bonchev–Trinajstić information content (AvgIpc) is 3.23. The Kier molecular flexibility index (Phi) is 6.89. The Hall–Kier alpha value is -2.92. The van der Waals surface area contributed by atoms with Gasteiger partial charge in [-0.05, 0) is 49.2 Å². The highest BCUT2D eigenvalue weighted by molar-refractivity contribution is 7.92. The van der Waals surface area contributed by atoms with E-state index >= 15 is 0 Å². The minimum atomic E-state index is -3.67. The van der Waals surface area contributed by atoms with Gasteiger partial charge in [-0.3, -0.25) is 14.3 Å². The van der Waals surface area contributed by atoms with Crippen molar-refractivity contribution >= 4 is 48.7 Å². The molecule has 0 radical (unpaired) electrons. The van der Waals surface area contributed by atoms with Crippen molar-refractivity contribution in [3.05, 3.63) is 48.0 Å². The van der Waals surface area contributed by atoms with Gasteiger partial charge in [-0.1, -0.05) is 18.9 Å². The SMILES string of the molecule is CC(=O)Nc1ccc(NS(C)(=O)=O)c(C(=O)Nc2cccc(S(=O)(=O)C3CCCC3)c2)c1. The highest BCUT2D eigenvalue weighted by atomic mass is 32.2. The zero-order valence-corrected chi connectivity index (χ0v) is 19.3. The molecule has 1 saturated carbocycles. The molecule has 0 unspecified atom stereocenters. The number of sulfonamides is 1. The first-order valence-corrected chi connectivity index (χ1v) is 13.4. The number of rotatable bonds is 7. The Bertz CT molecular complexity index is 1250. The van der Waals surface area contributed by atoms with Crippen LogP contribution in [0.5, 0.6) is 0 Å². The van der Waals surface area contributed by atoms with Crippen molar-refractivity contribution in [2.24, 2.45) is 0 Å². The van der Waals surface area contributed by atoms with Gasteiger partial charge in [-0.2, -0.15) is 0 Å². The zero-order chi connectivity index (χ0) is 23.5. The number of carbonyl (C=O) groups is 2. The maximum Gasteiger partial charge on any atom is 0.257 e. The molecule has 0 saturated heterocycles. The van der Waals surface area contributed by atoms with Gasteiger partial charge in [0.05, 0.1) is 27.7 Å². The van der Waals surface area contributed by atoms with Crippen molar-refractivity contribution in [2.75, 3.05) is 21.6 Å². The zero-order valence-electron chi connectivity index (χ0n) is 17.7. The highest BCUT2D eigenvalue weighted by Gasteiger charge is 2.30. The largest absolute Gasteiger partial charge is 0.326 e. The lowest BCUT2D eigenvalue weighted by Gasteiger charge is -2.15. The predicted octanol–water partition coefficient (Wildman–Crippen LogP) is 2.99.